The fourth-order valence-corrected chi connectivity index (χ4v) is 5.18. The highest BCUT2D eigenvalue weighted by atomic mass is 16.3. The second-order valence-corrected chi connectivity index (χ2v) is 12.3. The van der Waals surface area contributed by atoms with Crippen molar-refractivity contribution in [3.05, 3.63) is 147 Å². The minimum atomic E-state index is -0.223. The van der Waals surface area contributed by atoms with Crippen molar-refractivity contribution in [1.82, 2.24) is 0 Å². The van der Waals surface area contributed by atoms with Crippen LogP contribution in [0.5, 0.6) is 0 Å². The van der Waals surface area contributed by atoms with E-state index in [4.69, 9.17) is 0 Å². The molecule has 0 amide bonds. The summed E-state index contributed by atoms with van der Waals surface area (Å²) in [5.41, 5.74) is 12.8. The Kier molecular flexibility index (Phi) is 13.3. The van der Waals surface area contributed by atoms with Crippen molar-refractivity contribution in [2.45, 2.75) is 88.2 Å². The van der Waals surface area contributed by atoms with E-state index >= 15 is 0 Å². The minimum absolute atomic E-state index is 0.00990. The van der Waals surface area contributed by atoms with Crippen LogP contribution in [0, 0.1) is 26.2 Å². The molecule has 0 unspecified atom stereocenters. The first-order valence-corrected chi connectivity index (χ1v) is 14.8. The first-order chi connectivity index (χ1) is 19.3. The van der Waals surface area contributed by atoms with Gasteiger partial charge in [-0.3, -0.25) is 0 Å². The zero-order valence-corrected chi connectivity index (χ0v) is 27.2. The minimum Gasteiger partial charge on any atom is -0.393 e. The molecular weight excluding hydrogens is 496 g/mol. The maximum absolute atomic E-state index is 10.1. The number of aliphatic hydroxyl groups is 1. The lowest BCUT2D eigenvalue weighted by atomic mass is 9.71. The molecule has 1 aromatic rings. The van der Waals surface area contributed by atoms with Crippen molar-refractivity contribution < 1.29 is 5.11 Å². The SMILES string of the molecule is CC1=C(/C=C/C(C)=C/C=C/C(C)=C/C=C/C=C(C)/C=C/C=C(C)/C=C/c2c(C)ccc(C)c2C)C(C)(C)C[C@H](O)C1. The molecule has 41 heavy (non-hydrogen) atoms. The van der Waals surface area contributed by atoms with Crippen LogP contribution in [0.2, 0.25) is 0 Å². The van der Waals surface area contributed by atoms with E-state index in [9.17, 15) is 5.11 Å². The molecule has 0 fully saturated rings. The molecule has 1 aliphatic rings. The summed E-state index contributed by atoms with van der Waals surface area (Å²) < 4.78 is 0. The molecule has 0 aromatic heterocycles. The number of benzene rings is 1. The average molecular weight is 549 g/mol. The predicted molar refractivity (Wildman–Crippen MR) is 183 cm³/mol. The van der Waals surface area contributed by atoms with Gasteiger partial charge in [0.15, 0.2) is 0 Å². The van der Waals surface area contributed by atoms with Gasteiger partial charge >= 0.3 is 0 Å². The summed E-state index contributed by atoms with van der Waals surface area (Å²) in [6.45, 7) is 21.6. The van der Waals surface area contributed by atoms with E-state index in [1.807, 2.05) is 0 Å². The van der Waals surface area contributed by atoms with Crippen LogP contribution in [-0.4, -0.2) is 11.2 Å². The standard InChI is InChI=1S/C40H52O/c1-29(17-13-19-31(3)21-25-38-34(6)24-23-33(5)36(38)8)15-11-12-16-30(2)18-14-20-32(4)22-26-39-35(7)27-37(41)28-40(39,9)10/h11-26,37,41H,27-28H2,1-10H3/b12-11+,17-13+,18-14+,25-21+,26-22+,29-15+,30-16+,31-19+,32-20+/t37-/m1/s1. The molecular formula is C40H52O. The summed E-state index contributed by atoms with van der Waals surface area (Å²) in [6, 6.07) is 4.38. The van der Waals surface area contributed by atoms with E-state index < -0.39 is 0 Å². The third-order valence-corrected chi connectivity index (χ3v) is 7.77. The zero-order valence-electron chi connectivity index (χ0n) is 27.2. The van der Waals surface area contributed by atoms with Crippen molar-refractivity contribution in [1.29, 1.82) is 0 Å². The fraction of sp³-hybridized carbons (Fsp3) is 0.350. The second kappa shape index (κ2) is 16.1. The molecule has 0 aliphatic heterocycles. The molecule has 218 valence electrons. The van der Waals surface area contributed by atoms with E-state index in [0.29, 0.717) is 0 Å². The maximum Gasteiger partial charge on any atom is 0.0585 e. The molecule has 1 aliphatic carbocycles. The quantitative estimate of drug-likeness (QED) is 0.288. The highest BCUT2D eigenvalue weighted by Crippen LogP contribution is 2.41. The zero-order chi connectivity index (χ0) is 30.6. The molecule has 0 saturated heterocycles. The van der Waals surface area contributed by atoms with Crippen LogP contribution in [-0.2, 0) is 0 Å². The first kappa shape index (κ1) is 33.8. The summed E-state index contributed by atoms with van der Waals surface area (Å²) in [5.74, 6) is 0. The summed E-state index contributed by atoms with van der Waals surface area (Å²) in [6.07, 6.45) is 31.4. The lowest BCUT2D eigenvalue weighted by Crippen LogP contribution is -2.28. The van der Waals surface area contributed by atoms with Crippen molar-refractivity contribution in [2.24, 2.45) is 5.41 Å². The highest BCUT2D eigenvalue weighted by molar-refractivity contribution is 5.61. The maximum atomic E-state index is 10.1. The van der Waals surface area contributed by atoms with Gasteiger partial charge < -0.3 is 5.11 Å². The van der Waals surface area contributed by atoms with Crippen LogP contribution in [0.3, 0.4) is 0 Å². The number of rotatable bonds is 10. The highest BCUT2D eigenvalue weighted by Gasteiger charge is 2.31. The average Bonchev–Trinajstić information content (AvgIpc) is 2.87. The van der Waals surface area contributed by atoms with Crippen LogP contribution in [0.15, 0.2) is 125 Å². The molecule has 1 N–H and O–H groups in total. The van der Waals surface area contributed by atoms with E-state index in [0.717, 1.165) is 12.8 Å². The Bertz CT molecular complexity index is 1370. The molecule has 1 nitrogen and oxygen atoms in total. The van der Waals surface area contributed by atoms with Crippen molar-refractivity contribution in [3.8, 4) is 0 Å². The van der Waals surface area contributed by atoms with E-state index in [1.54, 1.807) is 0 Å². The van der Waals surface area contributed by atoms with Crippen molar-refractivity contribution in [3.63, 3.8) is 0 Å². The molecule has 0 heterocycles. The molecule has 0 bridgehead atoms. The Morgan fingerprint density at radius 3 is 1.68 bits per heavy atom. The van der Waals surface area contributed by atoms with E-state index in [-0.39, 0.29) is 11.5 Å². The largest absolute Gasteiger partial charge is 0.393 e. The number of aliphatic hydroxyl groups excluding tert-OH is 1. The molecule has 0 spiro atoms. The third kappa shape index (κ3) is 11.5. The Morgan fingerprint density at radius 2 is 1.15 bits per heavy atom. The predicted octanol–water partition coefficient (Wildman–Crippen LogP) is 11.1. The van der Waals surface area contributed by atoms with Gasteiger partial charge in [-0.25, -0.2) is 0 Å². The van der Waals surface area contributed by atoms with Crippen LogP contribution >= 0.6 is 0 Å². The summed E-state index contributed by atoms with van der Waals surface area (Å²) in [7, 11) is 0. The van der Waals surface area contributed by atoms with Gasteiger partial charge in [0.2, 0.25) is 0 Å². The Balaban J connectivity index is 1.91. The summed E-state index contributed by atoms with van der Waals surface area (Å²) in [5, 5.41) is 10.1. The molecule has 1 heteroatoms. The monoisotopic (exact) mass is 548 g/mol. The molecule has 1 aromatic carbocycles. The van der Waals surface area contributed by atoms with Crippen LogP contribution in [0.1, 0.15) is 83.6 Å². The number of hydrogen-bond acceptors (Lipinski definition) is 1. The first-order valence-electron chi connectivity index (χ1n) is 14.8. The fourth-order valence-electron chi connectivity index (χ4n) is 5.18. The van der Waals surface area contributed by atoms with Crippen LogP contribution in [0.25, 0.3) is 6.08 Å². The summed E-state index contributed by atoms with van der Waals surface area (Å²) >= 11 is 0. The van der Waals surface area contributed by atoms with E-state index in [2.05, 4.69) is 166 Å². The lowest BCUT2D eigenvalue weighted by Gasteiger charge is -2.35. The normalized spacial score (nSPS) is 19.8. The Labute approximate surface area is 251 Å². The van der Waals surface area contributed by atoms with Crippen LogP contribution in [0.4, 0.5) is 0 Å². The van der Waals surface area contributed by atoms with Gasteiger partial charge in [0.1, 0.15) is 0 Å². The lowest BCUT2D eigenvalue weighted by molar-refractivity contribution is 0.116. The van der Waals surface area contributed by atoms with Gasteiger partial charge in [-0.2, -0.15) is 0 Å². The topological polar surface area (TPSA) is 20.2 Å². The van der Waals surface area contributed by atoms with Gasteiger partial charge in [-0.15, -0.1) is 0 Å². The van der Waals surface area contributed by atoms with E-state index in [1.165, 1.54) is 55.7 Å². The van der Waals surface area contributed by atoms with Gasteiger partial charge in [0.25, 0.3) is 0 Å². The van der Waals surface area contributed by atoms with Crippen molar-refractivity contribution in [2.75, 3.05) is 0 Å². The van der Waals surface area contributed by atoms with Gasteiger partial charge in [-0.05, 0) is 101 Å². The number of hydrogen-bond donors (Lipinski definition) is 1. The smallest absolute Gasteiger partial charge is 0.0585 e. The molecule has 0 radical (unpaired) electrons. The summed E-state index contributed by atoms with van der Waals surface area (Å²) in [4.78, 5) is 0. The number of aryl methyl sites for hydroxylation is 2. The third-order valence-electron chi connectivity index (χ3n) is 7.77. The Hall–Kier alpha value is -3.42. The van der Waals surface area contributed by atoms with Gasteiger partial charge in [0, 0.05) is 0 Å². The van der Waals surface area contributed by atoms with Crippen molar-refractivity contribution >= 4 is 6.08 Å². The Morgan fingerprint density at radius 1 is 0.683 bits per heavy atom. The molecule has 1 atom stereocenters. The molecule has 0 saturated carbocycles. The molecule has 2 rings (SSSR count). The van der Waals surface area contributed by atoms with Gasteiger partial charge in [-0.1, -0.05) is 139 Å². The number of allylic oxidation sites excluding steroid dienone is 18. The van der Waals surface area contributed by atoms with Gasteiger partial charge in [0.05, 0.1) is 6.10 Å². The second-order valence-electron chi connectivity index (χ2n) is 12.3. The van der Waals surface area contributed by atoms with Crippen LogP contribution < -0.4 is 0 Å².